The van der Waals surface area contributed by atoms with E-state index in [1.165, 1.54) is 0 Å². The quantitative estimate of drug-likeness (QED) is 0.350. The van der Waals surface area contributed by atoms with Crippen molar-refractivity contribution in [2.75, 3.05) is 19.6 Å². The van der Waals surface area contributed by atoms with Crippen molar-refractivity contribution in [1.82, 2.24) is 15.1 Å². The first kappa shape index (κ1) is 28.1. The molecule has 2 saturated heterocycles. The Hall–Kier alpha value is -3.47. The molecule has 3 rings (SSSR count). The van der Waals surface area contributed by atoms with E-state index in [1.54, 1.807) is 40.1 Å². The summed E-state index contributed by atoms with van der Waals surface area (Å²) in [4.78, 5) is 65.7. The van der Waals surface area contributed by atoms with E-state index >= 15 is 0 Å². The molecule has 0 aliphatic carbocycles. The number of hydrogen-bond donors (Lipinski definition) is 4. The number of aliphatic carboxylic acids is 2. The Bertz CT molecular complexity index is 1020. The third-order valence-electron chi connectivity index (χ3n) is 7.31. The fourth-order valence-electron chi connectivity index (χ4n) is 5.24. The molecule has 2 fully saturated rings. The van der Waals surface area contributed by atoms with Crippen molar-refractivity contribution in [1.29, 1.82) is 0 Å². The molecule has 1 aromatic carbocycles. The smallest absolute Gasteiger partial charge is 0.326 e. The van der Waals surface area contributed by atoms with Gasteiger partial charge >= 0.3 is 11.9 Å². The zero-order valence-corrected chi connectivity index (χ0v) is 21.3. The van der Waals surface area contributed by atoms with Crippen molar-refractivity contribution in [3.05, 3.63) is 35.9 Å². The third kappa shape index (κ3) is 6.27. The number of nitrogens with one attached hydrogen (secondary N) is 1. The zero-order valence-electron chi connectivity index (χ0n) is 21.3. The van der Waals surface area contributed by atoms with Crippen LogP contribution in [0.15, 0.2) is 30.3 Å². The van der Waals surface area contributed by atoms with Crippen molar-refractivity contribution in [3.8, 4) is 0 Å². The van der Waals surface area contributed by atoms with Gasteiger partial charge < -0.3 is 31.1 Å². The van der Waals surface area contributed by atoms with Gasteiger partial charge in [-0.3, -0.25) is 19.2 Å². The number of carbonyl (C=O) groups is 5. The number of likely N-dealkylation sites (tertiary alicyclic amines) is 2. The van der Waals surface area contributed by atoms with Crippen LogP contribution in [0.2, 0.25) is 0 Å². The molecule has 11 nitrogen and oxygen atoms in total. The number of benzene rings is 1. The molecule has 202 valence electrons. The average Bonchev–Trinajstić information content (AvgIpc) is 3.19. The van der Waals surface area contributed by atoms with Crippen LogP contribution in [0.25, 0.3) is 0 Å². The van der Waals surface area contributed by atoms with Crippen LogP contribution >= 0.6 is 0 Å². The van der Waals surface area contributed by atoms with Crippen LogP contribution in [0, 0.1) is 5.92 Å². The molecule has 5 N–H and O–H groups in total. The first-order chi connectivity index (χ1) is 17.5. The number of nitrogens with zero attached hydrogens (tertiary/aromatic N) is 2. The molecule has 0 aromatic heterocycles. The second kappa shape index (κ2) is 11.7. The Morgan fingerprint density at radius 3 is 2.19 bits per heavy atom. The zero-order chi connectivity index (χ0) is 27.3. The molecule has 3 amide bonds. The fourth-order valence-corrected chi connectivity index (χ4v) is 5.24. The lowest BCUT2D eigenvalue weighted by Gasteiger charge is -2.43. The predicted molar refractivity (Wildman–Crippen MR) is 133 cm³/mol. The average molecular weight is 517 g/mol. The van der Waals surface area contributed by atoms with Crippen LogP contribution in [0.1, 0.15) is 51.5 Å². The number of hydrogen-bond acceptors (Lipinski definition) is 6. The molecule has 0 radical (unpaired) electrons. The maximum Gasteiger partial charge on any atom is 0.326 e. The minimum Gasteiger partial charge on any atom is -0.481 e. The van der Waals surface area contributed by atoms with E-state index in [9.17, 15) is 29.1 Å². The molecule has 0 spiro atoms. The number of carbonyl (C=O) groups excluding carboxylic acids is 3. The Morgan fingerprint density at radius 1 is 1.08 bits per heavy atom. The molecule has 2 heterocycles. The van der Waals surface area contributed by atoms with Crippen molar-refractivity contribution in [2.45, 2.75) is 69.5 Å². The lowest BCUT2D eigenvalue weighted by molar-refractivity contribution is -0.149. The summed E-state index contributed by atoms with van der Waals surface area (Å²) < 4.78 is 0. The summed E-state index contributed by atoms with van der Waals surface area (Å²) in [5, 5.41) is 20.9. The number of rotatable bonds is 10. The van der Waals surface area contributed by atoms with E-state index < -0.39 is 47.8 Å². The van der Waals surface area contributed by atoms with Crippen molar-refractivity contribution in [3.63, 3.8) is 0 Å². The first-order valence-electron chi connectivity index (χ1n) is 12.6. The SMILES string of the molecule is CC(C)C[C@@H](C(=O)N1CCC(C(=O)N[C@@H](CC(=O)O)C(=O)O)(c2ccccc2)CC1)N1CC[C@@H](N)C1=O. The van der Waals surface area contributed by atoms with Gasteiger partial charge in [0.1, 0.15) is 12.1 Å². The van der Waals surface area contributed by atoms with Gasteiger partial charge in [0, 0.05) is 19.6 Å². The van der Waals surface area contributed by atoms with Crippen LogP contribution in [-0.4, -0.2) is 87.4 Å². The van der Waals surface area contributed by atoms with Gasteiger partial charge in [-0.05, 0) is 37.2 Å². The Morgan fingerprint density at radius 2 is 1.70 bits per heavy atom. The van der Waals surface area contributed by atoms with Gasteiger partial charge in [-0.15, -0.1) is 0 Å². The number of amides is 3. The largest absolute Gasteiger partial charge is 0.481 e. The molecule has 37 heavy (non-hydrogen) atoms. The number of nitrogens with two attached hydrogens (primary N) is 1. The van der Waals surface area contributed by atoms with Crippen molar-refractivity contribution >= 4 is 29.7 Å². The van der Waals surface area contributed by atoms with E-state index in [0.717, 1.165) is 0 Å². The molecule has 11 heteroatoms. The van der Waals surface area contributed by atoms with Crippen LogP contribution in [0.5, 0.6) is 0 Å². The highest BCUT2D eigenvalue weighted by atomic mass is 16.4. The summed E-state index contributed by atoms with van der Waals surface area (Å²) in [6, 6.07) is 6.07. The molecule has 0 saturated carbocycles. The molecule has 1 aromatic rings. The van der Waals surface area contributed by atoms with Gasteiger partial charge in [-0.1, -0.05) is 44.2 Å². The first-order valence-corrected chi connectivity index (χ1v) is 12.6. The summed E-state index contributed by atoms with van der Waals surface area (Å²) in [7, 11) is 0. The number of piperidine rings is 1. The van der Waals surface area contributed by atoms with Crippen LogP contribution < -0.4 is 11.1 Å². The highest BCUT2D eigenvalue weighted by molar-refractivity contribution is 5.94. The van der Waals surface area contributed by atoms with Gasteiger partial charge in [0.15, 0.2) is 0 Å². The molecular formula is C26H36N4O7. The molecule has 3 atom stereocenters. The highest BCUT2D eigenvalue weighted by Gasteiger charge is 2.47. The topological polar surface area (TPSA) is 170 Å². The summed E-state index contributed by atoms with van der Waals surface area (Å²) in [5.74, 6) is -3.61. The van der Waals surface area contributed by atoms with Gasteiger partial charge in [0.25, 0.3) is 0 Å². The summed E-state index contributed by atoms with van der Waals surface area (Å²) in [6.45, 7) is 4.84. The van der Waals surface area contributed by atoms with Crippen molar-refractivity contribution in [2.24, 2.45) is 11.7 Å². The second-order valence-corrected chi connectivity index (χ2v) is 10.3. The minimum atomic E-state index is -1.58. The monoisotopic (exact) mass is 516 g/mol. The lowest BCUT2D eigenvalue weighted by Crippen LogP contribution is -2.58. The summed E-state index contributed by atoms with van der Waals surface area (Å²) in [5.41, 5.74) is 5.43. The standard InChI is InChI=1S/C26H36N4O7/c1-16(2)14-20(30-11-8-18(27)22(30)33)23(34)29-12-9-26(10-13-29,17-6-4-3-5-7-17)25(37)28-19(24(35)36)15-21(31)32/h3-7,16,18-20H,8-15,27H2,1-2H3,(H,28,37)(H,31,32)(H,35,36)/t18-,19+,20+/m1/s1. The van der Waals surface area contributed by atoms with Gasteiger partial charge in [-0.25, -0.2) is 4.79 Å². The van der Waals surface area contributed by atoms with Gasteiger partial charge in [-0.2, -0.15) is 0 Å². The van der Waals surface area contributed by atoms with E-state index in [-0.39, 0.29) is 43.7 Å². The van der Waals surface area contributed by atoms with E-state index in [1.807, 2.05) is 13.8 Å². The molecule has 2 aliphatic heterocycles. The van der Waals surface area contributed by atoms with Crippen molar-refractivity contribution < 1.29 is 34.2 Å². The van der Waals surface area contributed by atoms with E-state index in [2.05, 4.69) is 5.32 Å². The van der Waals surface area contributed by atoms with E-state index in [0.29, 0.717) is 24.9 Å². The van der Waals surface area contributed by atoms with Gasteiger partial charge in [0.2, 0.25) is 17.7 Å². The molecule has 0 bridgehead atoms. The van der Waals surface area contributed by atoms with Gasteiger partial charge in [0.05, 0.1) is 17.9 Å². The highest BCUT2D eigenvalue weighted by Crippen LogP contribution is 2.37. The summed E-state index contributed by atoms with van der Waals surface area (Å²) >= 11 is 0. The van der Waals surface area contributed by atoms with E-state index in [4.69, 9.17) is 10.8 Å². The summed E-state index contributed by atoms with van der Waals surface area (Å²) in [6.07, 6.45) is 0.678. The minimum absolute atomic E-state index is 0.166. The Labute approximate surface area is 216 Å². The maximum absolute atomic E-state index is 13.6. The molecule has 2 aliphatic rings. The number of carboxylic acids is 2. The van der Waals surface area contributed by atoms with Crippen LogP contribution in [0.3, 0.4) is 0 Å². The Balaban J connectivity index is 1.83. The fraction of sp³-hybridized carbons (Fsp3) is 0.577. The third-order valence-corrected chi connectivity index (χ3v) is 7.31. The lowest BCUT2D eigenvalue weighted by atomic mass is 9.71. The molecular weight excluding hydrogens is 480 g/mol. The second-order valence-electron chi connectivity index (χ2n) is 10.3. The predicted octanol–water partition coefficient (Wildman–Crippen LogP) is 0.565. The number of carboxylic acid groups (broad SMARTS) is 2. The van der Waals surface area contributed by atoms with Crippen LogP contribution in [0.4, 0.5) is 0 Å². The Kier molecular flexibility index (Phi) is 8.90. The van der Waals surface area contributed by atoms with Crippen LogP contribution in [-0.2, 0) is 29.4 Å². The normalized spacial score (nSPS) is 21.0. The molecule has 0 unspecified atom stereocenters. The maximum atomic E-state index is 13.6.